The predicted molar refractivity (Wildman–Crippen MR) is 115 cm³/mol. The molecule has 0 bridgehead atoms. The zero-order valence-electron chi connectivity index (χ0n) is 16.7. The van der Waals surface area contributed by atoms with Gasteiger partial charge in [-0.3, -0.25) is 9.59 Å². The smallest absolute Gasteiger partial charge is 0.198 e. The van der Waals surface area contributed by atoms with E-state index < -0.39 is 29.2 Å². The molecule has 0 fully saturated rings. The Morgan fingerprint density at radius 3 is 2.29 bits per heavy atom. The van der Waals surface area contributed by atoms with Gasteiger partial charge in [-0.1, -0.05) is 48.6 Å². The van der Waals surface area contributed by atoms with E-state index in [2.05, 4.69) is 0 Å². The van der Waals surface area contributed by atoms with Crippen LogP contribution in [0.1, 0.15) is 55.5 Å². The minimum atomic E-state index is -1.20. The maximum absolute atomic E-state index is 12.9. The van der Waals surface area contributed by atoms with Crippen LogP contribution in [0.25, 0.3) is 6.08 Å². The van der Waals surface area contributed by atoms with Crippen molar-refractivity contribution in [2.45, 2.75) is 12.5 Å². The average Bonchev–Trinajstić information content (AvgIpc) is 2.78. The zero-order valence-corrected chi connectivity index (χ0v) is 16.7. The number of hydrogen-bond acceptors (Lipinski definition) is 6. The number of carbonyl (C=O) groups excluding carboxylic acids is 2. The third-order valence-electron chi connectivity index (χ3n) is 5.30. The maximum Gasteiger partial charge on any atom is 0.198 e. The standard InChI is InChI=1S/C25H20O6/c1-31-15-8-4-6-14(12-15)7-5-11-19(26)18-13-20(27)21-22(25(18)30)24(29)17-10-3-2-9-16(17)23(21)28/h2-10,12-13,19,26-27,30H,11H2,1H3/b7-5+. The Morgan fingerprint density at radius 2 is 1.61 bits per heavy atom. The molecule has 6 heteroatoms. The van der Waals surface area contributed by atoms with Crippen LogP contribution in [-0.2, 0) is 0 Å². The topological polar surface area (TPSA) is 104 Å². The van der Waals surface area contributed by atoms with Gasteiger partial charge in [0.15, 0.2) is 11.6 Å². The van der Waals surface area contributed by atoms with Crippen molar-refractivity contribution < 1.29 is 29.6 Å². The van der Waals surface area contributed by atoms with E-state index >= 15 is 0 Å². The molecule has 0 amide bonds. The van der Waals surface area contributed by atoms with E-state index in [1.54, 1.807) is 31.4 Å². The first-order valence-corrected chi connectivity index (χ1v) is 9.68. The van der Waals surface area contributed by atoms with Gasteiger partial charge in [0.1, 0.15) is 17.2 Å². The van der Waals surface area contributed by atoms with E-state index in [-0.39, 0.29) is 34.2 Å². The number of aliphatic hydroxyl groups excluding tert-OH is 1. The van der Waals surface area contributed by atoms with Gasteiger partial charge in [-0.2, -0.15) is 0 Å². The van der Waals surface area contributed by atoms with Gasteiger partial charge < -0.3 is 20.1 Å². The van der Waals surface area contributed by atoms with E-state index in [0.717, 1.165) is 11.6 Å². The third-order valence-corrected chi connectivity index (χ3v) is 5.30. The SMILES string of the molecule is COc1cccc(/C=C/CC(O)c2cc(O)c3c(c2O)C(=O)c2ccccc2C3=O)c1. The minimum absolute atomic E-state index is 0.0212. The summed E-state index contributed by atoms with van der Waals surface area (Å²) in [5, 5.41) is 31.8. The number of phenolic OH excluding ortho intramolecular Hbond substituents is 2. The summed E-state index contributed by atoms with van der Waals surface area (Å²) >= 11 is 0. The van der Waals surface area contributed by atoms with Crippen LogP contribution in [0, 0.1) is 0 Å². The molecule has 0 aliphatic heterocycles. The summed E-state index contributed by atoms with van der Waals surface area (Å²) in [6.07, 6.45) is 2.41. The lowest BCUT2D eigenvalue weighted by atomic mass is 9.81. The molecule has 3 aromatic rings. The zero-order chi connectivity index (χ0) is 22.1. The third kappa shape index (κ3) is 3.58. The molecule has 3 N–H and O–H groups in total. The van der Waals surface area contributed by atoms with Crippen molar-refractivity contribution in [1.29, 1.82) is 0 Å². The van der Waals surface area contributed by atoms with Gasteiger partial charge in [0.25, 0.3) is 0 Å². The van der Waals surface area contributed by atoms with E-state index in [9.17, 15) is 24.9 Å². The van der Waals surface area contributed by atoms with Gasteiger partial charge >= 0.3 is 0 Å². The number of rotatable bonds is 5. The molecule has 1 unspecified atom stereocenters. The summed E-state index contributed by atoms with van der Waals surface area (Å²) in [7, 11) is 1.57. The van der Waals surface area contributed by atoms with Crippen molar-refractivity contribution in [3.8, 4) is 17.2 Å². The first-order valence-electron chi connectivity index (χ1n) is 9.68. The number of ketones is 2. The van der Waals surface area contributed by atoms with Crippen molar-refractivity contribution in [3.05, 3.63) is 94.1 Å². The highest BCUT2D eigenvalue weighted by atomic mass is 16.5. The van der Waals surface area contributed by atoms with Crippen LogP contribution >= 0.6 is 0 Å². The lowest BCUT2D eigenvalue weighted by Crippen LogP contribution is -2.22. The van der Waals surface area contributed by atoms with E-state index in [1.807, 2.05) is 24.3 Å². The molecule has 0 saturated carbocycles. The van der Waals surface area contributed by atoms with Crippen LogP contribution < -0.4 is 4.74 Å². The highest BCUT2D eigenvalue weighted by Gasteiger charge is 2.36. The molecular formula is C25H20O6. The molecule has 0 radical (unpaired) electrons. The van der Waals surface area contributed by atoms with Gasteiger partial charge in [-0.15, -0.1) is 0 Å². The fourth-order valence-electron chi connectivity index (χ4n) is 3.74. The second-order valence-corrected chi connectivity index (χ2v) is 7.22. The van der Waals surface area contributed by atoms with Crippen molar-refractivity contribution >= 4 is 17.6 Å². The number of phenols is 2. The van der Waals surface area contributed by atoms with Gasteiger partial charge in [0.2, 0.25) is 0 Å². The quantitative estimate of drug-likeness (QED) is 0.425. The monoisotopic (exact) mass is 416 g/mol. The Hall–Kier alpha value is -3.90. The second kappa shape index (κ2) is 8.08. The average molecular weight is 416 g/mol. The molecule has 1 aliphatic rings. The van der Waals surface area contributed by atoms with E-state index in [1.165, 1.54) is 12.1 Å². The fraction of sp³-hybridized carbons (Fsp3) is 0.120. The summed E-state index contributed by atoms with van der Waals surface area (Å²) in [5.41, 5.74) is 0.635. The van der Waals surface area contributed by atoms with Crippen LogP contribution in [0.4, 0.5) is 0 Å². The van der Waals surface area contributed by atoms with Crippen LogP contribution in [0.3, 0.4) is 0 Å². The Morgan fingerprint density at radius 1 is 0.935 bits per heavy atom. The fourth-order valence-corrected chi connectivity index (χ4v) is 3.74. The number of fused-ring (bicyclic) bond motifs is 2. The van der Waals surface area contributed by atoms with Crippen molar-refractivity contribution in [2.75, 3.05) is 7.11 Å². The number of hydrogen-bond donors (Lipinski definition) is 3. The van der Waals surface area contributed by atoms with Gasteiger partial charge in [-0.05, 0) is 30.2 Å². The van der Waals surface area contributed by atoms with Gasteiger partial charge in [0.05, 0.1) is 24.3 Å². The van der Waals surface area contributed by atoms with Crippen LogP contribution in [0.15, 0.2) is 60.7 Å². The second-order valence-electron chi connectivity index (χ2n) is 7.22. The first kappa shape index (κ1) is 20.4. The predicted octanol–water partition coefficient (Wildman–Crippen LogP) is 4.02. The summed E-state index contributed by atoms with van der Waals surface area (Å²) in [6.45, 7) is 0. The van der Waals surface area contributed by atoms with Gasteiger partial charge in [0, 0.05) is 16.7 Å². The molecule has 156 valence electrons. The Bertz CT molecular complexity index is 1220. The summed E-state index contributed by atoms with van der Waals surface area (Å²) in [6, 6.07) is 14.7. The maximum atomic E-state index is 12.9. The normalized spacial score (nSPS) is 13.7. The number of benzene rings is 3. The molecule has 0 saturated heterocycles. The molecular weight excluding hydrogens is 396 g/mol. The highest BCUT2D eigenvalue weighted by molar-refractivity contribution is 6.30. The van der Waals surface area contributed by atoms with Gasteiger partial charge in [-0.25, -0.2) is 0 Å². The Labute approximate surface area is 178 Å². The molecule has 0 aromatic heterocycles. The van der Waals surface area contributed by atoms with Crippen molar-refractivity contribution in [3.63, 3.8) is 0 Å². The summed E-state index contributed by atoms with van der Waals surface area (Å²) < 4.78 is 5.17. The van der Waals surface area contributed by atoms with Crippen molar-refractivity contribution in [2.24, 2.45) is 0 Å². The number of aromatic hydroxyl groups is 2. The largest absolute Gasteiger partial charge is 0.507 e. The molecule has 6 nitrogen and oxygen atoms in total. The number of aliphatic hydroxyl groups is 1. The van der Waals surface area contributed by atoms with Crippen LogP contribution in [0.5, 0.6) is 17.2 Å². The number of carbonyl (C=O) groups is 2. The molecule has 4 rings (SSSR count). The van der Waals surface area contributed by atoms with E-state index in [0.29, 0.717) is 5.75 Å². The molecule has 0 heterocycles. The Kier molecular flexibility index (Phi) is 5.31. The number of ether oxygens (including phenoxy) is 1. The van der Waals surface area contributed by atoms with E-state index in [4.69, 9.17) is 4.74 Å². The number of methoxy groups -OCH3 is 1. The molecule has 31 heavy (non-hydrogen) atoms. The van der Waals surface area contributed by atoms with Crippen LogP contribution in [-0.4, -0.2) is 34.0 Å². The highest BCUT2D eigenvalue weighted by Crippen LogP contribution is 2.42. The molecule has 3 aromatic carbocycles. The molecule has 0 spiro atoms. The molecule has 1 aliphatic carbocycles. The lowest BCUT2D eigenvalue weighted by molar-refractivity contribution is 0.0973. The Balaban J connectivity index is 1.66. The van der Waals surface area contributed by atoms with Crippen molar-refractivity contribution in [1.82, 2.24) is 0 Å². The van der Waals surface area contributed by atoms with Crippen LogP contribution in [0.2, 0.25) is 0 Å². The lowest BCUT2D eigenvalue weighted by Gasteiger charge is -2.22. The first-order chi connectivity index (χ1) is 14.9. The summed E-state index contributed by atoms with van der Waals surface area (Å²) in [5.74, 6) is -1.37. The molecule has 1 atom stereocenters. The minimum Gasteiger partial charge on any atom is -0.507 e. The summed E-state index contributed by atoms with van der Waals surface area (Å²) in [4.78, 5) is 25.7.